The van der Waals surface area contributed by atoms with Crippen molar-refractivity contribution in [3.05, 3.63) is 18.2 Å². The van der Waals surface area contributed by atoms with Gasteiger partial charge >= 0.3 is 0 Å². The first kappa shape index (κ1) is 11.6. The van der Waals surface area contributed by atoms with Gasteiger partial charge in [0.05, 0.1) is 18.6 Å². The first-order valence-corrected chi connectivity index (χ1v) is 6.07. The van der Waals surface area contributed by atoms with Gasteiger partial charge < -0.3 is 15.0 Å². The van der Waals surface area contributed by atoms with Crippen LogP contribution in [0.2, 0.25) is 0 Å². The maximum Gasteiger partial charge on any atom is 0.0951 e. The van der Waals surface area contributed by atoms with Crippen molar-refractivity contribution in [3.8, 4) is 0 Å². The predicted octanol–water partition coefficient (Wildman–Crippen LogP) is 1.32. The van der Waals surface area contributed by atoms with Gasteiger partial charge in [-0.1, -0.05) is 13.8 Å². The van der Waals surface area contributed by atoms with Crippen molar-refractivity contribution in [3.63, 3.8) is 0 Å². The summed E-state index contributed by atoms with van der Waals surface area (Å²) in [7, 11) is 0. The molecule has 0 bridgehead atoms. The molecule has 1 aromatic rings. The number of nitrogens with one attached hydrogen (secondary N) is 1. The fraction of sp³-hybridized carbons (Fsp3) is 0.750. The second-order valence-electron chi connectivity index (χ2n) is 4.94. The molecule has 1 fully saturated rings. The first-order chi connectivity index (χ1) is 7.72. The van der Waals surface area contributed by atoms with Crippen LogP contribution in [-0.4, -0.2) is 27.3 Å². The van der Waals surface area contributed by atoms with Crippen LogP contribution in [0.4, 0.5) is 0 Å². The summed E-state index contributed by atoms with van der Waals surface area (Å²) in [5, 5.41) is 12.6. The van der Waals surface area contributed by atoms with Crippen LogP contribution in [0.5, 0.6) is 0 Å². The summed E-state index contributed by atoms with van der Waals surface area (Å²) in [5.74, 6) is 0.447. The lowest BCUT2D eigenvalue weighted by Gasteiger charge is -2.20. The minimum absolute atomic E-state index is 0.169. The maximum absolute atomic E-state index is 9.23. The fourth-order valence-corrected chi connectivity index (χ4v) is 1.90. The molecule has 90 valence electrons. The molecule has 2 N–H and O–H groups in total. The molecule has 4 heteroatoms. The molecular formula is C12H21N3O. The zero-order valence-electron chi connectivity index (χ0n) is 10.1. The molecule has 0 aliphatic heterocycles. The van der Waals surface area contributed by atoms with E-state index in [1.54, 1.807) is 0 Å². The molecule has 0 aromatic carbocycles. The molecule has 0 spiro atoms. The Labute approximate surface area is 96.7 Å². The van der Waals surface area contributed by atoms with Crippen LogP contribution in [0.25, 0.3) is 0 Å². The average molecular weight is 223 g/mol. The maximum atomic E-state index is 9.23. The third kappa shape index (κ3) is 2.62. The Morgan fingerprint density at radius 2 is 2.31 bits per heavy atom. The van der Waals surface area contributed by atoms with Gasteiger partial charge in [0.25, 0.3) is 0 Å². The van der Waals surface area contributed by atoms with E-state index in [1.807, 2.05) is 12.5 Å². The van der Waals surface area contributed by atoms with Gasteiger partial charge in [-0.25, -0.2) is 4.98 Å². The van der Waals surface area contributed by atoms with E-state index in [1.165, 1.54) is 18.5 Å². The summed E-state index contributed by atoms with van der Waals surface area (Å²) >= 11 is 0. The number of aliphatic hydroxyl groups excluding tert-OH is 1. The molecule has 0 saturated heterocycles. The van der Waals surface area contributed by atoms with Crippen LogP contribution in [0, 0.1) is 5.92 Å². The summed E-state index contributed by atoms with van der Waals surface area (Å²) < 4.78 is 2.25. The zero-order chi connectivity index (χ0) is 11.5. The molecule has 0 radical (unpaired) electrons. The molecule has 1 aliphatic rings. The molecular weight excluding hydrogens is 202 g/mol. The van der Waals surface area contributed by atoms with Gasteiger partial charge in [0.1, 0.15) is 0 Å². The normalized spacial score (nSPS) is 18.0. The summed E-state index contributed by atoms with van der Waals surface area (Å²) in [6.07, 6.45) is 6.38. The Balaban J connectivity index is 1.90. The Bertz CT molecular complexity index is 331. The minimum Gasteiger partial charge on any atom is -0.395 e. The van der Waals surface area contributed by atoms with Crippen molar-refractivity contribution in [2.24, 2.45) is 5.92 Å². The van der Waals surface area contributed by atoms with E-state index < -0.39 is 0 Å². The SMILES string of the molecule is CC(C)C(CO)NCc1cncn1C1CC1. The summed E-state index contributed by atoms with van der Waals surface area (Å²) in [4.78, 5) is 4.19. The quantitative estimate of drug-likeness (QED) is 0.765. The Morgan fingerprint density at radius 3 is 2.88 bits per heavy atom. The molecule has 0 amide bonds. The van der Waals surface area contributed by atoms with Crippen molar-refractivity contribution in [2.75, 3.05) is 6.61 Å². The van der Waals surface area contributed by atoms with Gasteiger partial charge in [-0.15, -0.1) is 0 Å². The van der Waals surface area contributed by atoms with E-state index in [-0.39, 0.29) is 12.6 Å². The minimum atomic E-state index is 0.169. The molecule has 16 heavy (non-hydrogen) atoms. The number of nitrogens with zero attached hydrogens (tertiary/aromatic N) is 2. The number of hydrogen-bond donors (Lipinski definition) is 2. The Kier molecular flexibility index (Phi) is 3.61. The summed E-state index contributed by atoms with van der Waals surface area (Å²) in [6.45, 7) is 5.22. The van der Waals surface area contributed by atoms with Gasteiger partial charge in [-0.2, -0.15) is 0 Å². The lowest BCUT2D eigenvalue weighted by molar-refractivity contribution is 0.209. The summed E-state index contributed by atoms with van der Waals surface area (Å²) in [6, 6.07) is 0.841. The van der Waals surface area contributed by atoms with Gasteiger partial charge in [0, 0.05) is 24.8 Å². The Hall–Kier alpha value is -0.870. The molecule has 1 atom stereocenters. The van der Waals surface area contributed by atoms with Crippen LogP contribution in [0.3, 0.4) is 0 Å². The van der Waals surface area contributed by atoms with Gasteiger partial charge in [-0.05, 0) is 18.8 Å². The highest BCUT2D eigenvalue weighted by Gasteiger charge is 2.25. The highest BCUT2D eigenvalue weighted by atomic mass is 16.3. The van der Waals surface area contributed by atoms with Crippen LogP contribution >= 0.6 is 0 Å². The van der Waals surface area contributed by atoms with Crippen molar-refractivity contribution in [1.82, 2.24) is 14.9 Å². The number of aliphatic hydroxyl groups is 1. The molecule has 1 heterocycles. The highest BCUT2D eigenvalue weighted by Crippen LogP contribution is 2.35. The third-order valence-corrected chi connectivity index (χ3v) is 3.23. The number of imidazole rings is 1. The lowest BCUT2D eigenvalue weighted by Crippen LogP contribution is -2.36. The summed E-state index contributed by atoms with van der Waals surface area (Å²) in [5.41, 5.74) is 1.22. The Morgan fingerprint density at radius 1 is 1.56 bits per heavy atom. The van der Waals surface area contributed by atoms with E-state index in [2.05, 4.69) is 28.7 Å². The zero-order valence-corrected chi connectivity index (χ0v) is 10.1. The average Bonchev–Trinajstić information content (AvgIpc) is 2.99. The van der Waals surface area contributed by atoms with Crippen LogP contribution in [-0.2, 0) is 6.54 Å². The van der Waals surface area contributed by atoms with Crippen LogP contribution in [0.15, 0.2) is 12.5 Å². The number of aromatic nitrogens is 2. The second-order valence-corrected chi connectivity index (χ2v) is 4.94. The molecule has 4 nitrogen and oxygen atoms in total. The molecule has 1 aliphatic carbocycles. The van der Waals surface area contributed by atoms with Crippen LogP contribution < -0.4 is 5.32 Å². The van der Waals surface area contributed by atoms with E-state index in [0.29, 0.717) is 12.0 Å². The van der Waals surface area contributed by atoms with E-state index >= 15 is 0 Å². The smallest absolute Gasteiger partial charge is 0.0951 e. The van der Waals surface area contributed by atoms with Crippen molar-refractivity contribution in [1.29, 1.82) is 0 Å². The van der Waals surface area contributed by atoms with E-state index in [4.69, 9.17) is 0 Å². The lowest BCUT2D eigenvalue weighted by atomic mass is 10.1. The van der Waals surface area contributed by atoms with Gasteiger partial charge in [-0.3, -0.25) is 0 Å². The second kappa shape index (κ2) is 4.97. The van der Waals surface area contributed by atoms with Crippen molar-refractivity contribution in [2.45, 2.75) is 45.3 Å². The van der Waals surface area contributed by atoms with E-state index in [0.717, 1.165) is 6.54 Å². The first-order valence-electron chi connectivity index (χ1n) is 6.07. The van der Waals surface area contributed by atoms with Gasteiger partial charge in [0.15, 0.2) is 0 Å². The number of hydrogen-bond acceptors (Lipinski definition) is 3. The monoisotopic (exact) mass is 223 g/mol. The molecule has 1 saturated carbocycles. The van der Waals surface area contributed by atoms with Crippen molar-refractivity contribution >= 4 is 0 Å². The number of rotatable bonds is 6. The highest BCUT2D eigenvalue weighted by molar-refractivity contribution is 5.03. The standard InChI is InChI=1S/C12H21N3O/c1-9(2)12(7-16)14-6-11-5-13-8-15(11)10-3-4-10/h5,8-10,12,14,16H,3-4,6-7H2,1-2H3. The topological polar surface area (TPSA) is 50.1 Å². The van der Waals surface area contributed by atoms with Crippen LogP contribution in [0.1, 0.15) is 38.4 Å². The van der Waals surface area contributed by atoms with Crippen molar-refractivity contribution < 1.29 is 5.11 Å². The predicted molar refractivity (Wildman–Crippen MR) is 63.0 cm³/mol. The van der Waals surface area contributed by atoms with E-state index in [9.17, 15) is 5.11 Å². The van der Waals surface area contributed by atoms with Gasteiger partial charge in [0.2, 0.25) is 0 Å². The molecule has 1 unspecified atom stereocenters. The fourth-order valence-electron chi connectivity index (χ4n) is 1.90. The molecule has 2 rings (SSSR count). The largest absolute Gasteiger partial charge is 0.395 e. The third-order valence-electron chi connectivity index (χ3n) is 3.23. The molecule has 1 aromatic heterocycles.